The number of anilines is 1. The van der Waals surface area contributed by atoms with Crippen molar-refractivity contribution in [2.45, 2.75) is 0 Å². The Hall–Kier alpha value is -2.07. The minimum Gasteiger partial charge on any atom is -0.368 e. The maximum absolute atomic E-state index is 12.4. The first-order valence-electron chi connectivity index (χ1n) is 6.94. The molecule has 4 nitrogen and oxygen atoms in total. The zero-order valence-electron chi connectivity index (χ0n) is 11.6. The number of aromatic nitrogens is 1. The van der Waals surface area contributed by atoms with Crippen LogP contribution in [0.3, 0.4) is 0 Å². The molecule has 2 heterocycles. The normalized spacial score (nSPS) is 15.1. The van der Waals surface area contributed by atoms with E-state index in [1.54, 1.807) is 24.5 Å². The summed E-state index contributed by atoms with van der Waals surface area (Å²) in [5, 5.41) is 0.594. The molecule has 0 unspecified atom stereocenters. The number of carbonyl (C=O) groups excluding carboxylic acids is 1. The molecule has 2 aromatic rings. The summed E-state index contributed by atoms with van der Waals surface area (Å²) in [5.41, 5.74) is 1.81. The standard InChI is InChI=1S/C16H16ClN3O/c17-14-3-1-2-13(12-14)16(21)20-10-8-19(9-11-20)15-4-6-18-7-5-15/h1-7,12H,8-11H2. The second kappa shape index (κ2) is 6.14. The van der Waals surface area contributed by atoms with Gasteiger partial charge in [-0.3, -0.25) is 9.78 Å². The van der Waals surface area contributed by atoms with Crippen molar-refractivity contribution in [3.8, 4) is 0 Å². The predicted molar refractivity (Wildman–Crippen MR) is 83.8 cm³/mol. The summed E-state index contributed by atoms with van der Waals surface area (Å²) in [6, 6.07) is 11.1. The largest absolute Gasteiger partial charge is 0.368 e. The number of rotatable bonds is 2. The third-order valence-electron chi connectivity index (χ3n) is 3.67. The van der Waals surface area contributed by atoms with Crippen LogP contribution in [-0.2, 0) is 0 Å². The van der Waals surface area contributed by atoms with Crippen LogP contribution in [0.15, 0.2) is 48.8 Å². The molecule has 21 heavy (non-hydrogen) atoms. The van der Waals surface area contributed by atoms with Gasteiger partial charge in [-0.1, -0.05) is 17.7 Å². The molecule has 0 bridgehead atoms. The van der Waals surface area contributed by atoms with E-state index in [9.17, 15) is 4.79 Å². The number of carbonyl (C=O) groups is 1. The lowest BCUT2D eigenvalue weighted by Gasteiger charge is -2.36. The third kappa shape index (κ3) is 3.16. The molecule has 1 saturated heterocycles. The van der Waals surface area contributed by atoms with E-state index in [-0.39, 0.29) is 5.91 Å². The minimum absolute atomic E-state index is 0.0480. The molecule has 0 aliphatic carbocycles. The SMILES string of the molecule is O=C(c1cccc(Cl)c1)N1CCN(c2ccncc2)CC1. The lowest BCUT2D eigenvalue weighted by atomic mass is 10.2. The molecule has 1 aliphatic heterocycles. The lowest BCUT2D eigenvalue weighted by molar-refractivity contribution is 0.0747. The van der Waals surface area contributed by atoms with E-state index < -0.39 is 0 Å². The zero-order chi connectivity index (χ0) is 14.7. The summed E-state index contributed by atoms with van der Waals surface area (Å²) in [5.74, 6) is 0.0480. The van der Waals surface area contributed by atoms with Crippen LogP contribution in [0.5, 0.6) is 0 Å². The van der Waals surface area contributed by atoms with Gasteiger partial charge < -0.3 is 9.80 Å². The minimum atomic E-state index is 0.0480. The van der Waals surface area contributed by atoms with Crippen LogP contribution >= 0.6 is 11.6 Å². The van der Waals surface area contributed by atoms with E-state index in [1.807, 2.05) is 29.2 Å². The van der Waals surface area contributed by atoms with E-state index in [2.05, 4.69) is 9.88 Å². The van der Waals surface area contributed by atoms with Gasteiger partial charge >= 0.3 is 0 Å². The Balaban J connectivity index is 1.64. The Labute approximate surface area is 129 Å². The zero-order valence-corrected chi connectivity index (χ0v) is 12.3. The number of benzene rings is 1. The average molecular weight is 302 g/mol. The molecule has 1 aromatic carbocycles. The number of amides is 1. The summed E-state index contributed by atoms with van der Waals surface area (Å²) in [6.45, 7) is 3.09. The van der Waals surface area contributed by atoms with E-state index in [1.165, 1.54) is 0 Å². The number of hydrogen-bond donors (Lipinski definition) is 0. The summed E-state index contributed by atoms with van der Waals surface area (Å²) >= 11 is 5.95. The quantitative estimate of drug-likeness (QED) is 0.856. The molecular formula is C16H16ClN3O. The fraction of sp³-hybridized carbons (Fsp3) is 0.250. The molecule has 5 heteroatoms. The fourth-order valence-electron chi connectivity index (χ4n) is 2.53. The number of pyridine rings is 1. The van der Waals surface area contributed by atoms with Crippen molar-refractivity contribution in [3.05, 3.63) is 59.4 Å². The molecule has 0 N–H and O–H groups in total. The summed E-state index contributed by atoms with van der Waals surface area (Å²) < 4.78 is 0. The van der Waals surface area contributed by atoms with Crippen LogP contribution in [-0.4, -0.2) is 42.0 Å². The number of nitrogens with zero attached hydrogens (tertiary/aromatic N) is 3. The van der Waals surface area contributed by atoms with Crippen molar-refractivity contribution in [1.29, 1.82) is 0 Å². The lowest BCUT2D eigenvalue weighted by Crippen LogP contribution is -2.48. The van der Waals surface area contributed by atoms with Crippen molar-refractivity contribution in [2.24, 2.45) is 0 Å². The van der Waals surface area contributed by atoms with Crippen molar-refractivity contribution < 1.29 is 4.79 Å². The number of hydrogen-bond acceptors (Lipinski definition) is 3. The molecule has 108 valence electrons. The molecule has 1 amide bonds. The first-order chi connectivity index (χ1) is 10.2. The monoisotopic (exact) mass is 301 g/mol. The Bertz CT molecular complexity index is 624. The first-order valence-corrected chi connectivity index (χ1v) is 7.31. The third-order valence-corrected chi connectivity index (χ3v) is 3.90. The molecule has 3 rings (SSSR count). The van der Waals surface area contributed by atoms with Crippen molar-refractivity contribution >= 4 is 23.2 Å². The van der Waals surface area contributed by atoms with Crippen LogP contribution in [0.4, 0.5) is 5.69 Å². The Morgan fingerprint density at radius 3 is 2.43 bits per heavy atom. The summed E-state index contributed by atoms with van der Waals surface area (Å²) in [7, 11) is 0. The van der Waals surface area contributed by atoms with Crippen molar-refractivity contribution in [1.82, 2.24) is 9.88 Å². The molecule has 1 fully saturated rings. The Morgan fingerprint density at radius 2 is 1.76 bits per heavy atom. The maximum Gasteiger partial charge on any atom is 0.254 e. The second-order valence-electron chi connectivity index (χ2n) is 5.00. The molecule has 1 aromatic heterocycles. The Morgan fingerprint density at radius 1 is 1.05 bits per heavy atom. The van der Waals surface area contributed by atoms with Gasteiger partial charge in [0.15, 0.2) is 0 Å². The van der Waals surface area contributed by atoms with E-state index in [0.717, 1.165) is 18.8 Å². The topological polar surface area (TPSA) is 36.4 Å². The highest BCUT2D eigenvalue weighted by Crippen LogP contribution is 2.17. The van der Waals surface area contributed by atoms with Gasteiger partial charge in [-0.05, 0) is 30.3 Å². The molecule has 0 atom stereocenters. The molecule has 0 saturated carbocycles. The molecule has 0 radical (unpaired) electrons. The highest BCUT2D eigenvalue weighted by atomic mass is 35.5. The Kier molecular flexibility index (Phi) is 4.06. The van der Waals surface area contributed by atoms with Crippen LogP contribution in [0, 0.1) is 0 Å². The van der Waals surface area contributed by atoms with Gasteiger partial charge in [0.2, 0.25) is 0 Å². The van der Waals surface area contributed by atoms with Crippen LogP contribution in [0.25, 0.3) is 0 Å². The fourth-order valence-corrected chi connectivity index (χ4v) is 2.72. The van der Waals surface area contributed by atoms with Crippen LogP contribution in [0.2, 0.25) is 5.02 Å². The highest BCUT2D eigenvalue weighted by Gasteiger charge is 2.22. The van der Waals surface area contributed by atoms with Crippen LogP contribution < -0.4 is 4.90 Å². The molecule has 1 aliphatic rings. The maximum atomic E-state index is 12.4. The van der Waals surface area contributed by atoms with Gasteiger partial charge in [0.1, 0.15) is 0 Å². The van der Waals surface area contributed by atoms with E-state index in [0.29, 0.717) is 23.7 Å². The van der Waals surface area contributed by atoms with Gasteiger partial charge in [-0.15, -0.1) is 0 Å². The van der Waals surface area contributed by atoms with Gasteiger partial charge in [0.05, 0.1) is 0 Å². The average Bonchev–Trinajstić information content (AvgIpc) is 2.55. The predicted octanol–water partition coefficient (Wildman–Crippen LogP) is 2.70. The summed E-state index contributed by atoms with van der Waals surface area (Å²) in [6.07, 6.45) is 3.58. The van der Waals surface area contributed by atoms with E-state index in [4.69, 9.17) is 11.6 Å². The van der Waals surface area contributed by atoms with Crippen LogP contribution in [0.1, 0.15) is 10.4 Å². The smallest absolute Gasteiger partial charge is 0.254 e. The van der Waals surface area contributed by atoms with Gasteiger partial charge in [0.25, 0.3) is 5.91 Å². The van der Waals surface area contributed by atoms with Gasteiger partial charge in [-0.25, -0.2) is 0 Å². The molecular weight excluding hydrogens is 286 g/mol. The molecule has 0 spiro atoms. The summed E-state index contributed by atoms with van der Waals surface area (Å²) in [4.78, 5) is 20.6. The second-order valence-corrected chi connectivity index (χ2v) is 5.43. The van der Waals surface area contributed by atoms with Gasteiger partial charge in [0, 0.05) is 54.8 Å². The van der Waals surface area contributed by atoms with Crippen molar-refractivity contribution in [2.75, 3.05) is 31.1 Å². The number of halogens is 1. The number of piperazine rings is 1. The van der Waals surface area contributed by atoms with Crippen molar-refractivity contribution in [3.63, 3.8) is 0 Å². The highest BCUT2D eigenvalue weighted by molar-refractivity contribution is 6.30. The van der Waals surface area contributed by atoms with Gasteiger partial charge in [-0.2, -0.15) is 0 Å². The first kappa shape index (κ1) is 13.9. The van der Waals surface area contributed by atoms with E-state index >= 15 is 0 Å².